The number of rotatable bonds is 6. The lowest BCUT2D eigenvalue weighted by Crippen LogP contribution is -2.29. The van der Waals surface area contributed by atoms with E-state index < -0.39 is 0 Å². The summed E-state index contributed by atoms with van der Waals surface area (Å²) in [6, 6.07) is 7.86. The molecule has 2 aromatic rings. The minimum absolute atomic E-state index is 0.141. The normalized spacial score (nSPS) is 17.5. The molecule has 0 radical (unpaired) electrons. The van der Waals surface area contributed by atoms with Gasteiger partial charge in [0.2, 0.25) is 0 Å². The van der Waals surface area contributed by atoms with Gasteiger partial charge >= 0.3 is 0 Å². The Bertz CT molecular complexity index is 812. The molecular weight excluding hydrogens is 334 g/mol. The Kier molecular flexibility index (Phi) is 5.61. The number of aliphatic hydroxyl groups excluding tert-OH is 1. The fourth-order valence-electron chi connectivity index (χ4n) is 3.17. The number of aromatic nitrogens is 1. The molecule has 1 aliphatic carbocycles. The van der Waals surface area contributed by atoms with Gasteiger partial charge in [-0.2, -0.15) is 0 Å². The Morgan fingerprint density at radius 2 is 2.08 bits per heavy atom. The molecule has 0 fully saturated rings. The Hall–Kier alpha value is -2.04. The second kappa shape index (κ2) is 7.89. The minimum atomic E-state index is 0.141. The fourth-order valence-corrected chi connectivity index (χ4v) is 3.34. The first-order valence-corrected chi connectivity index (χ1v) is 9.10. The van der Waals surface area contributed by atoms with E-state index in [-0.39, 0.29) is 6.04 Å². The molecule has 0 spiro atoms. The highest BCUT2D eigenvalue weighted by Crippen LogP contribution is 2.27. The van der Waals surface area contributed by atoms with Gasteiger partial charge in [0, 0.05) is 34.9 Å². The molecule has 0 aliphatic heterocycles. The summed E-state index contributed by atoms with van der Waals surface area (Å²) in [6.07, 6.45) is 6.40. The summed E-state index contributed by atoms with van der Waals surface area (Å²) in [5, 5.41) is 15.5. The third-order valence-electron chi connectivity index (χ3n) is 4.67. The van der Waals surface area contributed by atoms with Crippen LogP contribution in [0.1, 0.15) is 20.3 Å². The van der Waals surface area contributed by atoms with Crippen molar-refractivity contribution in [1.82, 2.24) is 9.88 Å². The van der Waals surface area contributed by atoms with E-state index >= 15 is 0 Å². The van der Waals surface area contributed by atoms with E-state index in [9.17, 15) is 5.11 Å². The molecule has 25 heavy (non-hydrogen) atoms. The first kappa shape index (κ1) is 17.8. The van der Waals surface area contributed by atoms with E-state index in [1.807, 2.05) is 30.3 Å². The van der Waals surface area contributed by atoms with Gasteiger partial charge in [0.05, 0.1) is 5.52 Å². The molecule has 132 valence electrons. The second-order valence-electron chi connectivity index (χ2n) is 6.28. The van der Waals surface area contributed by atoms with E-state index in [0.717, 1.165) is 48.2 Å². The van der Waals surface area contributed by atoms with Crippen LogP contribution in [0.2, 0.25) is 5.02 Å². The second-order valence-corrected chi connectivity index (χ2v) is 6.72. The topological polar surface area (TPSA) is 48.4 Å². The van der Waals surface area contributed by atoms with Crippen LogP contribution in [0.5, 0.6) is 0 Å². The monoisotopic (exact) mass is 357 g/mol. The van der Waals surface area contributed by atoms with Crippen LogP contribution in [0.4, 0.5) is 5.69 Å². The Labute approximate surface area is 153 Å². The van der Waals surface area contributed by atoms with Crippen molar-refractivity contribution in [3.8, 4) is 0 Å². The molecule has 1 aliphatic rings. The van der Waals surface area contributed by atoms with Crippen molar-refractivity contribution in [2.45, 2.75) is 26.3 Å². The van der Waals surface area contributed by atoms with Crippen molar-refractivity contribution >= 4 is 28.2 Å². The Morgan fingerprint density at radius 1 is 1.28 bits per heavy atom. The first-order valence-electron chi connectivity index (χ1n) is 8.73. The highest BCUT2D eigenvalue weighted by molar-refractivity contribution is 6.31. The van der Waals surface area contributed by atoms with Gasteiger partial charge < -0.3 is 10.4 Å². The number of hydrogen-bond donors (Lipinski definition) is 2. The lowest BCUT2D eigenvalue weighted by atomic mass is 9.98. The van der Waals surface area contributed by atoms with Crippen molar-refractivity contribution in [2.24, 2.45) is 0 Å². The molecule has 2 N–H and O–H groups in total. The van der Waals surface area contributed by atoms with Gasteiger partial charge in [-0.1, -0.05) is 31.5 Å². The highest BCUT2D eigenvalue weighted by Gasteiger charge is 2.18. The molecule has 5 heteroatoms. The average Bonchev–Trinajstić information content (AvgIpc) is 2.62. The van der Waals surface area contributed by atoms with Crippen molar-refractivity contribution in [3.05, 3.63) is 59.0 Å². The quantitative estimate of drug-likeness (QED) is 0.780. The van der Waals surface area contributed by atoms with E-state index in [1.165, 1.54) is 0 Å². The van der Waals surface area contributed by atoms with Crippen molar-refractivity contribution in [1.29, 1.82) is 0 Å². The van der Waals surface area contributed by atoms with Gasteiger partial charge in [0.25, 0.3) is 0 Å². The molecule has 1 aromatic carbocycles. The number of nitrogens with zero attached hydrogens (tertiary/aromatic N) is 2. The van der Waals surface area contributed by atoms with Crippen LogP contribution in [0.25, 0.3) is 10.9 Å². The highest BCUT2D eigenvalue weighted by atomic mass is 35.5. The summed E-state index contributed by atoms with van der Waals surface area (Å²) < 4.78 is 0. The SMILES string of the molecule is CCN(CC)CC1=C(O)C=CC(Nc2ccnc3cc(Cl)ccc23)C1. The van der Waals surface area contributed by atoms with Crippen molar-refractivity contribution in [3.63, 3.8) is 0 Å². The Balaban J connectivity index is 1.78. The van der Waals surface area contributed by atoms with Gasteiger partial charge in [-0.15, -0.1) is 0 Å². The van der Waals surface area contributed by atoms with Crippen LogP contribution >= 0.6 is 11.6 Å². The minimum Gasteiger partial charge on any atom is -0.508 e. The van der Waals surface area contributed by atoms with Crippen molar-refractivity contribution < 1.29 is 5.11 Å². The number of pyridine rings is 1. The zero-order valence-corrected chi connectivity index (χ0v) is 15.4. The molecule has 1 aromatic heterocycles. The summed E-state index contributed by atoms with van der Waals surface area (Å²) in [5.74, 6) is 0.399. The molecule has 1 unspecified atom stereocenters. The maximum absolute atomic E-state index is 10.2. The summed E-state index contributed by atoms with van der Waals surface area (Å²) in [7, 11) is 0. The maximum atomic E-state index is 10.2. The number of nitrogens with one attached hydrogen (secondary N) is 1. The molecule has 1 atom stereocenters. The third-order valence-corrected chi connectivity index (χ3v) is 4.90. The number of halogens is 1. The van der Waals surface area contributed by atoms with Crippen LogP contribution < -0.4 is 5.32 Å². The predicted molar refractivity (Wildman–Crippen MR) is 105 cm³/mol. The molecule has 1 heterocycles. The molecule has 0 amide bonds. The van der Waals surface area contributed by atoms with E-state index in [4.69, 9.17) is 11.6 Å². The van der Waals surface area contributed by atoms with Gasteiger partial charge in [-0.05, 0) is 55.4 Å². The largest absolute Gasteiger partial charge is 0.508 e. The average molecular weight is 358 g/mol. The van der Waals surface area contributed by atoms with Gasteiger partial charge in [0.15, 0.2) is 0 Å². The van der Waals surface area contributed by atoms with E-state index in [1.54, 1.807) is 12.3 Å². The summed E-state index contributed by atoms with van der Waals surface area (Å²) in [5.41, 5.74) is 2.98. The number of anilines is 1. The zero-order valence-electron chi connectivity index (χ0n) is 14.7. The Morgan fingerprint density at radius 3 is 2.84 bits per heavy atom. The number of benzene rings is 1. The third kappa shape index (κ3) is 4.14. The summed E-state index contributed by atoms with van der Waals surface area (Å²) in [6.45, 7) is 7.04. The number of hydrogen-bond acceptors (Lipinski definition) is 4. The number of likely N-dealkylation sites (N-methyl/N-ethyl adjacent to an activating group) is 1. The van der Waals surface area contributed by atoms with Crippen LogP contribution in [0.15, 0.2) is 53.9 Å². The first-order chi connectivity index (χ1) is 12.1. The van der Waals surface area contributed by atoms with E-state index in [2.05, 4.69) is 29.0 Å². The zero-order chi connectivity index (χ0) is 17.8. The molecule has 0 bridgehead atoms. The van der Waals surface area contributed by atoms with Crippen molar-refractivity contribution in [2.75, 3.05) is 25.0 Å². The van der Waals surface area contributed by atoms with Crippen LogP contribution in [-0.2, 0) is 0 Å². The van der Waals surface area contributed by atoms with Crippen LogP contribution in [-0.4, -0.2) is 40.7 Å². The molecule has 0 saturated heterocycles. The molecular formula is C20H24ClN3O. The van der Waals surface area contributed by atoms with Gasteiger partial charge in [-0.25, -0.2) is 0 Å². The number of aliphatic hydroxyl groups is 1. The van der Waals surface area contributed by atoms with Crippen LogP contribution in [0, 0.1) is 0 Å². The molecule has 3 rings (SSSR count). The summed E-state index contributed by atoms with van der Waals surface area (Å²) >= 11 is 6.06. The lowest BCUT2D eigenvalue weighted by Gasteiger charge is -2.26. The molecule has 4 nitrogen and oxygen atoms in total. The standard InChI is InChI=1S/C20H24ClN3O/c1-3-24(4-2)13-14-11-16(6-8-20(14)25)23-18-9-10-22-19-12-15(21)5-7-17(18)19/h5-10,12,16,25H,3-4,11,13H2,1-2H3,(H,22,23). The van der Waals surface area contributed by atoms with E-state index in [0.29, 0.717) is 10.8 Å². The molecule has 0 saturated carbocycles. The number of allylic oxidation sites excluding steroid dienone is 1. The van der Waals surface area contributed by atoms with Gasteiger partial charge in [0.1, 0.15) is 5.76 Å². The fraction of sp³-hybridized carbons (Fsp3) is 0.350. The van der Waals surface area contributed by atoms with Crippen LogP contribution in [0.3, 0.4) is 0 Å². The predicted octanol–water partition coefficient (Wildman–Crippen LogP) is 4.78. The lowest BCUT2D eigenvalue weighted by molar-refractivity contribution is 0.314. The maximum Gasteiger partial charge on any atom is 0.115 e. The number of fused-ring (bicyclic) bond motifs is 1. The van der Waals surface area contributed by atoms with Gasteiger partial charge in [-0.3, -0.25) is 9.88 Å². The smallest absolute Gasteiger partial charge is 0.115 e. The summed E-state index contributed by atoms with van der Waals surface area (Å²) in [4.78, 5) is 6.70.